The van der Waals surface area contributed by atoms with Crippen molar-refractivity contribution in [2.75, 3.05) is 43.1 Å². The fourth-order valence-electron chi connectivity index (χ4n) is 3.03. The summed E-state index contributed by atoms with van der Waals surface area (Å²) in [4.78, 5) is 14.5. The van der Waals surface area contributed by atoms with Crippen molar-refractivity contribution >= 4 is 17.4 Å². The SMILES string of the molecule is Cc1ccccc1CCNC(=O)Nc1ccccc1N1CCOCC1. The molecule has 3 rings (SSSR count). The number of benzene rings is 2. The van der Waals surface area contributed by atoms with Gasteiger partial charge in [-0.1, -0.05) is 36.4 Å². The highest BCUT2D eigenvalue weighted by Gasteiger charge is 2.15. The Hall–Kier alpha value is -2.53. The summed E-state index contributed by atoms with van der Waals surface area (Å²) in [5.41, 5.74) is 4.39. The number of anilines is 2. The van der Waals surface area contributed by atoms with Gasteiger partial charge in [0.15, 0.2) is 0 Å². The molecule has 132 valence electrons. The minimum Gasteiger partial charge on any atom is -0.378 e. The Morgan fingerprint density at radius 3 is 2.60 bits per heavy atom. The van der Waals surface area contributed by atoms with Crippen molar-refractivity contribution in [3.8, 4) is 0 Å². The molecule has 0 aromatic heterocycles. The van der Waals surface area contributed by atoms with E-state index in [1.165, 1.54) is 11.1 Å². The smallest absolute Gasteiger partial charge is 0.319 e. The average Bonchev–Trinajstić information content (AvgIpc) is 2.64. The molecule has 5 nitrogen and oxygen atoms in total. The molecule has 0 radical (unpaired) electrons. The van der Waals surface area contributed by atoms with Crippen molar-refractivity contribution in [2.45, 2.75) is 13.3 Å². The molecule has 0 spiro atoms. The molecule has 0 atom stereocenters. The van der Waals surface area contributed by atoms with Crippen LogP contribution in [0.25, 0.3) is 0 Å². The summed E-state index contributed by atoms with van der Waals surface area (Å²) < 4.78 is 5.41. The quantitative estimate of drug-likeness (QED) is 0.879. The van der Waals surface area contributed by atoms with Crippen LogP contribution in [0.4, 0.5) is 16.2 Å². The minimum absolute atomic E-state index is 0.172. The number of hydrogen-bond acceptors (Lipinski definition) is 3. The highest BCUT2D eigenvalue weighted by atomic mass is 16.5. The summed E-state index contributed by atoms with van der Waals surface area (Å²) in [6.07, 6.45) is 0.825. The van der Waals surface area contributed by atoms with Gasteiger partial charge in [0.05, 0.1) is 24.6 Å². The Morgan fingerprint density at radius 1 is 1.08 bits per heavy atom. The number of urea groups is 1. The Morgan fingerprint density at radius 2 is 1.80 bits per heavy atom. The van der Waals surface area contributed by atoms with Gasteiger partial charge in [0, 0.05) is 19.6 Å². The lowest BCUT2D eigenvalue weighted by atomic mass is 10.1. The summed E-state index contributed by atoms with van der Waals surface area (Å²) in [7, 11) is 0. The van der Waals surface area contributed by atoms with E-state index in [0.29, 0.717) is 6.54 Å². The van der Waals surface area contributed by atoms with Gasteiger partial charge in [-0.25, -0.2) is 4.79 Å². The second-order valence-electron chi connectivity index (χ2n) is 6.17. The molecule has 0 saturated carbocycles. The summed E-state index contributed by atoms with van der Waals surface area (Å²) in [5, 5.41) is 5.92. The maximum absolute atomic E-state index is 12.3. The molecule has 2 amide bonds. The Bertz CT molecular complexity index is 712. The van der Waals surface area contributed by atoms with Gasteiger partial charge in [0.2, 0.25) is 0 Å². The number of nitrogens with one attached hydrogen (secondary N) is 2. The fraction of sp³-hybridized carbons (Fsp3) is 0.350. The molecule has 2 aromatic carbocycles. The first-order valence-corrected chi connectivity index (χ1v) is 8.75. The van der Waals surface area contributed by atoms with Crippen LogP contribution < -0.4 is 15.5 Å². The fourth-order valence-corrected chi connectivity index (χ4v) is 3.03. The van der Waals surface area contributed by atoms with Crippen LogP contribution in [-0.4, -0.2) is 38.9 Å². The van der Waals surface area contributed by atoms with Crippen molar-refractivity contribution in [1.29, 1.82) is 0 Å². The van der Waals surface area contributed by atoms with Gasteiger partial charge in [-0.15, -0.1) is 0 Å². The van der Waals surface area contributed by atoms with Crippen LogP contribution in [0.5, 0.6) is 0 Å². The normalized spacial score (nSPS) is 14.2. The summed E-state index contributed by atoms with van der Waals surface area (Å²) in [5.74, 6) is 0. The molecular formula is C20H25N3O2. The Kier molecular flexibility index (Phi) is 5.90. The third-order valence-electron chi connectivity index (χ3n) is 4.45. The number of aryl methyl sites for hydroxylation is 1. The van der Waals surface area contributed by atoms with Crippen LogP contribution >= 0.6 is 0 Å². The lowest BCUT2D eigenvalue weighted by Gasteiger charge is -2.30. The van der Waals surface area contributed by atoms with E-state index >= 15 is 0 Å². The lowest BCUT2D eigenvalue weighted by molar-refractivity contribution is 0.123. The standard InChI is InChI=1S/C20H25N3O2/c1-16-6-2-3-7-17(16)10-11-21-20(24)22-18-8-4-5-9-19(18)23-12-14-25-15-13-23/h2-9H,10-15H2,1H3,(H2,21,22,24). The number of carbonyl (C=O) groups excluding carboxylic acids is 1. The molecule has 2 aromatic rings. The zero-order valence-corrected chi connectivity index (χ0v) is 14.6. The van der Waals surface area contributed by atoms with E-state index in [1.54, 1.807) is 0 Å². The molecule has 0 aliphatic carbocycles. The van der Waals surface area contributed by atoms with Crippen LogP contribution in [0.2, 0.25) is 0 Å². The summed E-state index contributed by atoms with van der Waals surface area (Å²) in [6, 6.07) is 16.0. The van der Waals surface area contributed by atoms with Crippen LogP contribution in [0.1, 0.15) is 11.1 Å². The average molecular weight is 339 g/mol. The Labute approximate surface area is 149 Å². The van der Waals surface area contributed by atoms with Gasteiger partial charge < -0.3 is 20.3 Å². The lowest BCUT2D eigenvalue weighted by Crippen LogP contribution is -2.37. The predicted molar refractivity (Wildman–Crippen MR) is 101 cm³/mol. The van der Waals surface area contributed by atoms with E-state index in [1.807, 2.05) is 36.4 Å². The van der Waals surface area contributed by atoms with Gasteiger partial charge >= 0.3 is 6.03 Å². The van der Waals surface area contributed by atoms with Crippen molar-refractivity contribution in [1.82, 2.24) is 5.32 Å². The van der Waals surface area contributed by atoms with Crippen LogP contribution in [0.3, 0.4) is 0 Å². The van der Waals surface area contributed by atoms with Gasteiger partial charge in [-0.3, -0.25) is 0 Å². The predicted octanol–water partition coefficient (Wildman–Crippen LogP) is 3.20. The molecule has 1 aliphatic heterocycles. The second-order valence-corrected chi connectivity index (χ2v) is 6.17. The summed E-state index contributed by atoms with van der Waals surface area (Å²) >= 11 is 0. The van der Waals surface area contributed by atoms with E-state index in [-0.39, 0.29) is 6.03 Å². The number of morpholine rings is 1. The van der Waals surface area contributed by atoms with E-state index in [4.69, 9.17) is 4.74 Å². The number of amides is 2. The van der Waals surface area contributed by atoms with E-state index in [9.17, 15) is 4.79 Å². The molecule has 1 fully saturated rings. The first kappa shape index (κ1) is 17.3. The number of ether oxygens (including phenoxy) is 1. The van der Waals surface area contributed by atoms with Crippen molar-refractivity contribution in [3.05, 3.63) is 59.7 Å². The molecule has 5 heteroatoms. The molecule has 2 N–H and O–H groups in total. The zero-order chi connectivity index (χ0) is 17.5. The first-order valence-electron chi connectivity index (χ1n) is 8.75. The second kappa shape index (κ2) is 8.53. The van der Waals surface area contributed by atoms with Crippen LogP contribution in [0.15, 0.2) is 48.5 Å². The van der Waals surface area contributed by atoms with Crippen LogP contribution in [0, 0.1) is 6.92 Å². The number of nitrogens with zero attached hydrogens (tertiary/aromatic N) is 1. The van der Waals surface area contributed by atoms with Crippen molar-refractivity contribution in [3.63, 3.8) is 0 Å². The zero-order valence-electron chi connectivity index (χ0n) is 14.6. The van der Waals surface area contributed by atoms with Gasteiger partial charge in [0.1, 0.15) is 0 Å². The van der Waals surface area contributed by atoms with E-state index < -0.39 is 0 Å². The minimum atomic E-state index is -0.172. The maximum atomic E-state index is 12.3. The van der Waals surface area contributed by atoms with Crippen LogP contribution in [-0.2, 0) is 11.2 Å². The first-order chi connectivity index (χ1) is 12.2. The number of rotatable bonds is 5. The number of hydrogen-bond donors (Lipinski definition) is 2. The monoisotopic (exact) mass is 339 g/mol. The number of para-hydroxylation sites is 2. The third kappa shape index (κ3) is 4.73. The molecule has 0 bridgehead atoms. The molecule has 1 heterocycles. The van der Waals surface area contributed by atoms with Gasteiger partial charge in [0.25, 0.3) is 0 Å². The largest absolute Gasteiger partial charge is 0.378 e. The molecule has 1 saturated heterocycles. The summed E-state index contributed by atoms with van der Waals surface area (Å²) in [6.45, 7) is 5.82. The van der Waals surface area contributed by atoms with Gasteiger partial charge in [-0.2, -0.15) is 0 Å². The molecule has 25 heavy (non-hydrogen) atoms. The topological polar surface area (TPSA) is 53.6 Å². The molecule has 1 aliphatic rings. The van der Waals surface area contributed by atoms with Crippen molar-refractivity contribution < 1.29 is 9.53 Å². The van der Waals surface area contributed by atoms with Gasteiger partial charge in [-0.05, 0) is 36.6 Å². The van der Waals surface area contributed by atoms with Crippen molar-refractivity contribution in [2.24, 2.45) is 0 Å². The Balaban J connectivity index is 1.55. The third-order valence-corrected chi connectivity index (χ3v) is 4.45. The van der Waals surface area contributed by atoms with E-state index in [0.717, 1.165) is 44.1 Å². The molecular weight excluding hydrogens is 314 g/mol. The maximum Gasteiger partial charge on any atom is 0.319 e. The van der Waals surface area contributed by atoms with E-state index in [2.05, 4.69) is 34.6 Å². The highest BCUT2D eigenvalue weighted by Crippen LogP contribution is 2.26. The highest BCUT2D eigenvalue weighted by molar-refractivity contribution is 5.93. The number of carbonyl (C=O) groups is 1. The molecule has 0 unspecified atom stereocenters.